The van der Waals surface area contributed by atoms with Gasteiger partial charge in [0.2, 0.25) is 5.91 Å². The van der Waals surface area contributed by atoms with Gasteiger partial charge in [-0.15, -0.1) is 11.8 Å². The summed E-state index contributed by atoms with van der Waals surface area (Å²) in [5.41, 5.74) is -1.29. The van der Waals surface area contributed by atoms with Crippen molar-refractivity contribution in [3.05, 3.63) is 28.8 Å². The highest BCUT2D eigenvalue weighted by atomic mass is 35.5. The predicted molar refractivity (Wildman–Crippen MR) is 75.9 cm³/mol. The summed E-state index contributed by atoms with van der Waals surface area (Å²) in [5.74, 6) is -3.44. The molecule has 0 aromatic heterocycles. The third kappa shape index (κ3) is 3.61. The van der Waals surface area contributed by atoms with Gasteiger partial charge in [-0.1, -0.05) is 11.6 Å². The highest BCUT2D eigenvalue weighted by molar-refractivity contribution is 8.00. The fourth-order valence-electron chi connectivity index (χ4n) is 1.93. The molecule has 0 radical (unpaired) electrons. The summed E-state index contributed by atoms with van der Waals surface area (Å²) in [7, 11) is 0. The molecule has 0 atom stereocenters. The molecule has 0 aliphatic carbocycles. The molecule has 9 heteroatoms. The van der Waals surface area contributed by atoms with Gasteiger partial charge in [-0.2, -0.15) is 13.2 Å². The number of thioether (sulfide) groups is 1. The molecule has 1 aromatic rings. The SMILES string of the molecule is O=C1CSCC(=O)C1C(=O)Nc1ccc(Cl)c(C(F)(F)F)c1. The molecule has 0 saturated carbocycles. The number of hydrogen-bond donors (Lipinski definition) is 1. The van der Waals surface area contributed by atoms with Gasteiger partial charge in [0.1, 0.15) is 0 Å². The highest BCUT2D eigenvalue weighted by Crippen LogP contribution is 2.36. The molecule has 1 saturated heterocycles. The number of hydrogen-bond acceptors (Lipinski definition) is 4. The third-order valence-corrected chi connectivity index (χ3v) is 4.24. The molecule has 1 heterocycles. The molecule has 1 aliphatic rings. The van der Waals surface area contributed by atoms with Crippen molar-refractivity contribution in [2.75, 3.05) is 16.8 Å². The number of Topliss-reactive ketones (excluding diaryl/α,β-unsaturated/α-hetero) is 2. The first kappa shape index (κ1) is 16.8. The van der Waals surface area contributed by atoms with Crippen LogP contribution in [0.5, 0.6) is 0 Å². The maximum absolute atomic E-state index is 12.7. The van der Waals surface area contributed by atoms with Crippen LogP contribution in [0.3, 0.4) is 0 Å². The van der Waals surface area contributed by atoms with Gasteiger partial charge in [0.05, 0.1) is 22.1 Å². The van der Waals surface area contributed by atoms with Crippen molar-refractivity contribution in [3.63, 3.8) is 0 Å². The normalized spacial score (nSPS) is 16.7. The van der Waals surface area contributed by atoms with Gasteiger partial charge in [-0.3, -0.25) is 14.4 Å². The quantitative estimate of drug-likeness (QED) is 0.832. The summed E-state index contributed by atoms with van der Waals surface area (Å²) < 4.78 is 38.2. The Balaban J connectivity index is 2.22. The van der Waals surface area contributed by atoms with Gasteiger partial charge in [0, 0.05) is 5.69 Å². The van der Waals surface area contributed by atoms with E-state index in [1.807, 2.05) is 0 Å². The molecule has 1 fully saturated rings. The van der Waals surface area contributed by atoms with Crippen LogP contribution in [0, 0.1) is 5.92 Å². The molecule has 1 amide bonds. The Kier molecular flexibility index (Phi) is 4.81. The van der Waals surface area contributed by atoms with Crippen molar-refractivity contribution in [1.29, 1.82) is 0 Å². The molecule has 2 rings (SSSR count). The van der Waals surface area contributed by atoms with Crippen molar-refractivity contribution >= 4 is 46.5 Å². The lowest BCUT2D eigenvalue weighted by atomic mass is 9.99. The van der Waals surface area contributed by atoms with E-state index in [1.54, 1.807) is 0 Å². The molecule has 0 unspecified atom stereocenters. The predicted octanol–water partition coefficient (Wildman–Crippen LogP) is 2.80. The van der Waals surface area contributed by atoms with Gasteiger partial charge >= 0.3 is 6.18 Å². The fraction of sp³-hybridized carbons (Fsp3) is 0.308. The summed E-state index contributed by atoms with van der Waals surface area (Å²) in [5, 5.41) is 1.66. The first-order valence-corrected chi connectivity index (χ1v) is 7.54. The number of ketones is 2. The van der Waals surface area contributed by atoms with Gasteiger partial charge in [0.15, 0.2) is 17.5 Å². The Bertz CT molecular complexity index is 632. The van der Waals surface area contributed by atoms with Crippen LogP contribution in [0.4, 0.5) is 18.9 Å². The van der Waals surface area contributed by atoms with Crippen molar-refractivity contribution < 1.29 is 27.6 Å². The van der Waals surface area contributed by atoms with Crippen molar-refractivity contribution in [3.8, 4) is 0 Å². The van der Waals surface area contributed by atoms with E-state index in [2.05, 4.69) is 5.32 Å². The van der Waals surface area contributed by atoms with Crippen LogP contribution in [0.25, 0.3) is 0 Å². The molecule has 4 nitrogen and oxygen atoms in total. The monoisotopic (exact) mass is 351 g/mol. The molecule has 0 spiro atoms. The van der Waals surface area contributed by atoms with Crippen LogP contribution in [-0.4, -0.2) is 29.0 Å². The Morgan fingerprint density at radius 3 is 2.36 bits per heavy atom. The molecule has 22 heavy (non-hydrogen) atoms. The topological polar surface area (TPSA) is 63.2 Å². The van der Waals surface area contributed by atoms with E-state index in [4.69, 9.17) is 11.6 Å². The lowest BCUT2D eigenvalue weighted by molar-refractivity contribution is -0.139. The smallest absolute Gasteiger partial charge is 0.325 e. The molecule has 0 bridgehead atoms. The van der Waals surface area contributed by atoms with E-state index in [1.165, 1.54) is 6.07 Å². The molecule has 1 aliphatic heterocycles. The number of amides is 1. The van der Waals surface area contributed by atoms with Gasteiger partial charge < -0.3 is 5.32 Å². The Labute approximate surface area is 132 Å². The second kappa shape index (κ2) is 6.29. The van der Waals surface area contributed by atoms with E-state index in [0.29, 0.717) is 6.07 Å². The maximum Gasteiger partial charge on any atom is 0.417 e. The summed E-state index contributed by atoms with van der Waals surface area (Å²) in [6.07, 6.45) is -4.68. The molecule has 1 aromatic carbocycles. The van der Waals surface area contributed by atoms with Crippen molar-refractivity contribution in [1.82, 2.24) is 0 Å². The zero-order valence-electron chi connectivity index (χ0n) is 10.9. The number of anilines is 1. The standard InChI is InChI=1S/C13H9ClF3NO3S/c14-8-2-1-6(3-7(8)13(15,16)17)18-12(21)11-9(19)4-22-5-10(11)20/h1-3,11H,4-5H2,(H,18,21). The highest BCUT2D eigenvalue weighted by Gasteiger charge is 2.37. The van der Waals surface area contributed by atoms with Gasteiger partial charge in [0.25, 0.3) is 0 Å². The minimum Gasteiger partial charge on any atom is -0.325 e. The molecular formula is C13H9ClF3NO3S. The Morgan fingerprint density at radius 2 is 1.82 bits per heavy atom. The number of carbonyl (C=O) groups excluding carboxylic acids is 3. The molecular weight excluding hydrogens is 343 g/mol. The summed E-state index contributed by atoms with van der Waals surface area (Å²) in [6.45, 7) is 0. The number of halogens is 4. The third-order valence-electron chi connectivity index (χ3n) is 2.93. The molecule has 118 valence electrons. The first-order chi connectivity index (χ1) is 10.2. The number of rotatable bonds is 2. The van der Waals surface area contributed by atoms with Gasteiger partial charge in [-0.05, 0) is 18.2 Å². The van der Waals surface area contributed by atoms with E-state index in [9.17, 15) is 27.6 Å². The Morgan fingerprint density at radius 1 is 1.23 bits per heavy atom. The molecule has 1 N–H and O–H groups in total. The number of nitrogens with one attached hydrogen (secondary N) is 1. The first-order valence-electron chi connectivity index (χ1n) is 6.01. The summed E-state index contributed by atoms with van der Waals surface area (Å²) in [4.78, 5) is 35.2. The van der Waals surface area contributed by atoms with Crippen LogP contribution >= 0.6 is 23.4 Å². The largest absolute Gasteiger partial charge is 0.417 e. The minimum atomic E-state index is -4.68. The average molecular weight is 352 g/mol. The second-order valence-corrected chi connectivity index (χ2v) is 5.93. The van der Waals surface area contributed by atoms with Crippen LogP contribution in [0.1, 0.15) is 5.56 Å². The van der Waals surface area contributed by atoms with Crippen LogP contribution in [0.2, 0.25) is 5.02 Å². The maximum atomic E-state index is 12.7. The zero-order valence-corrected chi connectivity index (χ0v) is 12.4. The van der Waals surface area contributed by atoms with E-state index in [0.717, 1.165) is 17.8 Å². The van der Waals surface area contributed by atoms with E-state index in [-0.39, 0.29) is 17.2 Å². The van der Waals surface area contributed by atoms with E-state index < -0.39 is 40.2 Å². The lowest BCUT2D eigenvalue weighted by Gasteiger charge is -2.19. The zero-order chi connectivity index (χ0) is 16.5. The van der Waals surface area contributed by atoms with Crippen LogP contribution < -0.4 is 5.32 Å². The van der Waals surface area contributed by atoms with Crippen LogP contribution in [-0.2, 0) is 20.6 Å². The average Bonchev–Trinajstić information content (AvgIpc) is 2.39. The van der Waals surface area contributed by atoms with Gasteiger partial charge in [-0.25, -0.2) is 0 Å². The van der Waals surface area contributed by atoms with Crippen molar-refractivity contribution in [2.45, 2.75) is 6.18 Å². The lowest BCUT2D eigenvalue weighted by Crippen LogP contribution is -2.41. The second-order valence-electron chi connectivity index (χ2n) is 4.54. The van der Waals surface area contributed by atoms with E-state index >= 15 is 0 Å². The fourth-order valence-corrected chi connectivity index (χ4v) is 2.99. The number of benzene rings is 1. The summed E-state index contributed by atoms with van der Waals surface area (Å²) >= 11 is 6.57. The number of carbonyl (C=O) groups is 3. The number of alkyl halides is 3. The Hall–Kier alpha value is -1.54. The summed E-state index contributed by atoms with van der Waals surface area (Å²) in [6, 6.07) is 2.81. The minimum absolute atomic E-state index is 0.0260. The van der Waals surface area contributed by atoms with Crippen LogP contribution in [0.15, 0.2) is 18.2 Å². The van der Waals surface area contributed by atoms with Crippen molar-refractivity contribution in [2.24, 2.45) is 5.92 Å².